The molecule has 0 saturated heterocycles. The van der Waals surface area contributed by atoms with Gasteiger partial charge in [-0.15, -0.1) is 0 Å². The van der Waals surface area contributed by atoms with Gasteiger partial charge in [-0.05, 0) is 26.2 Å². The van der Waals surface area contributed by atoms with E-state index in [1.54, 1.807) is 18.8 Å². The summed E-state index contributed by atoms with van der Waals surface area (Å²) < 4.78 is 10.4. The van der Waals surface area contributed by atoms with Gasteiger partial charge in [0, 0.05) is 17.5 Å². The number of rotatable bonds is 5. The molecule has 1 aromatic rings. The molecular weight excluding hydrogens is 204 g/mol. The lowest BCUT2D eigenvalue weighted by atomic mass is 9.91. The molecule has 0 radical (unpaired) electrons. The molecule has 2 heterocycles. The van der Waals surface area contributed by atoms with Crippen LogP contribution < -0.4 is 10.6 Å². The second-order valence-corrected chi connectivity index (χ2v) is 3.96. The van der Waals surface area contributed by atoms with Crippen molar-refractivity contribution >= 4 is 0 Å². The molecule has 16 heavy (non-hydrogen) atoms. The van der Waals surface area contributed by atoms with E-state index in [-0.39, 0.29) is 6.04 Å². The molecule has 1 aromatic heterocycles. The van der Waals surface area contributed by atoms with Crippen LogP contribution in [0.4, 0.5) is 0 Å². The van der Waals surface area contributed by atoms with Crippen molar-refractivity contribution in [2.75, 3.05) is 20.7 Å². The van der Waals surface area contributed by atoms with E-state index in [1.807, 2.05) is 20.2 Å². The first-order valence-electron chi connectivity index (χ1n) is 5.51. The lowest BCUT2D eigenvalue weighted by Crippen LogP contribution is -2.44. The predicted octanol–water partition coefficient (Wildman–Crippen LogP) is 1.29. The van der Waals surface area contributed by atoms with Gasteiger partial charge in [0.15, 0.2) is 0 Å². The Morgan fingerprint density at radius 1 is 1.38 bits per heavy atom. The second kappa shape index (κ2) is 5.18. The van der Waals surface area contributed by atoms with Gasteiger partial charge in [-0.1, -0.05) is 0 Å². The molecule has 0 aliphatic carbocycles. The normalized spacial score (nSPS) is 23.0. The zero-order valence-corrected chi connectivity index (χ0v) is 9.64. The molecule has 0 bridgehead atoms. The third-order valence-electron chi connectivity index (χ3n) is 3.08. The molecule has 88 valence electrons. The highest BCUT2D eigenvalue weighted by atomic mass is 16.5. The van der Waals surface area contributed by atoms with E-state index in [4.69, 9.17) is 9.15 Å². The Hall–Kier alpha value is -1.26. The number of nitrogens with one attached hydrogen (secondary N) is 2. The molecule has 4 nitrogen and oxygen atoms in total. The van der Waals surface area contributed by atoms with E-state index in [9.17, 15) is 0 Å². The first-order valence-corrected chi connectivity index (χ1v) is 5.51. The Balaban J connectivity index is 2.14. The molecule has 0 amide bonds. The van der Waals surface area contributed by atoms with Crippen molar-refractivity contribution in [1.82, 2.24) is 10.6 Å². The van der Waals surface area contributed by atoms with Crippen molar-refractivity contribution in [1.29, 1.82) is 0 Å². The molecular formula is C12H18N2O2. The van der Waals surface area contributed by atoms with Crippen molar-refractivity contribution in [3.8, 4) is 0 Å². The van der Waals surface area contributed by atoms with Crippen LogP contribution >= 0.6 is 0 Å². The van der Waals surface area contributed by atoms with E-state index in [0.717, 1.165) is 12.2 Å². The number of hydrogen-bond donors (Lipinski definition) is 2. The molecule has 1 unspecified atom stereocenters. The standard InChI is InChI=1S/C12H18N2O2/c1-13-11(9-3-5-15-7-9)12(14-2)10-4-6-16-8-10/h3-7,10-14H,8H2,1-2H3/t10?,11-,12-/m1/s1. The molecule has 0 spiro atoms. The SMILES string of the molecule is CN[C@H](c1ccoc1)[C@H](NC)C1C=COC1. The summed E-state index contributed by atoms with van der Waals surface area (Å²) in [6.07, 6.45) is 7.36. The summed E-state index contributed by atoms with van der Waals surface area (Å²) in [6, 6.07) is 2.51. The van der Waals surface area contributed by atoms with Gasteiger partial charge >= 0.3 is 0 Å². The highest BCUT2D eigenvalue weighted by molar-refractivity contribution is 5.16. The number of likely N-dealkylation sites (N-methyl/N-ethyl adjacent to an activating group) is 2. The Kier molecular flexibility index (Phi) is 3.64. The van der Waals surface area contributed by atoms with Crippen LogP contribution in [0.25, 0.3) is 0 Å². The lowest BCUT2D eigenvalue weighted by Gasteiger charge is -2.29. The van der Waals surface area contributed by atoms with Crippen molar-refractivity contribution < 1.29 is 9.15 Å². The van der Waals surface area contributed by atoms with Gasteiger partial charge in [-0.3, -0.25) is 0 Å². The summed E-state index contributed by atoms with van der Waals surface area (Å²) in [4.78, 5) is 0. The summed E-state index contributed by atoms with van der Waals surface area (Å²) in [5.74, 6) is 0.386. The van der Waals surface area contributed by atoms with Crippen LogP contribution in [0.1, 0.15) is 11.6 Å². The first kappa shape index (κ1) is 11.2. The molecule has 4 heteroatoms. The fourth-order valence-corrected chi connectivity index (χ4v) is 2.24. The van der Waals surface area contributed by atoms with E-state index < -0.39 is 0 Å². The van der Waals surface area contributed by atoms with Crippen LogP contribution in [0.2, 0.25) is 0 Å². The molecule has 0 aromatic carbocycles. The number of ether oxygens (including phenoxy) is 1. The average molecular weight is 222 g/mol. The van der Waals surface area contributed by atoms with Crippen LogP contribution in [-0.2, 0) is 4.74 Å². The quantitative estimate of drug-likeness (QED) is 0.788. The molecule has 2 rings (SSSR count). The van der Waals surface area contributed by atoms with Crippen LogP contribution in [0.3, 0.4) is 0 Å². The van der Waals surface area contributed by atoms with Gasteiger partial charge in [-0.2, -0.15) is 0 Å². The van der Waals surface area contributed by atoms with Gasteiger partial charge in [0.25, 0.3) is 0 Å². The van der Waals surface area contributed by atoms with Gasteiger partial charge in [0.05, 0.1) is 31.4 Å². The number of hydrogen-bond acceptors (Lipinski definition) is 4. The molecule has 1 aliphatic heterocycles. The lowest BCUT2D eigenvalue weighted by molar-refractivity contribution is 0.211. The highest BCUT2D eigenvalue weighted by Gasteiger charge is 2.29. The third kappa shape index (κ3) is 2.13. The van der Waals surface area contributed by atoms with Crippen molar-refractivity contribution in [3.63, 3.8) is 0 Å². The zero-order valence-electron chi connectivity index (χ0n) is 9.64. The second-order valence-electron chi connectivity index (χ2n) is 3.96. The molecule has 3 atom stereocenters. The monoisotopic (exact) mass is 222 g/mol. The third-order valence-corrected chi connectivity index (χ3v) is 3.08. The molecule has 0 fully saturated rings. The highest BCUT2D eigenvalue weighted by Crippen LogP contribution is 2.25. The zero-order chi connectivity index (χ0) is 11.4. The minimum Gasteiger partial charge on any atom is -0.501 e. The summed E-state index contributed by atoms with van der Waals surface area (Å²) in [6.45, 7) is 0.738. The largest absolute Gasteiger partial charge is 0.501 e. The van der Waals surface area contributed by atoms with Crippen molar-refractivity contribution in [3.05, 3.63) is 36.5 Å². The minimum absolute atomic E-state index is 0.222. The van der Waals surface area contributed by atoms with Gasteiger partial charge in [0.2, 0.25) is 0 Å². The topological polar surface area (TPSA) is 46.4 Å². The smallest absolute Gasteiger partial charge is 0.0952 e. The van der Waals surface area contributed by atoms with Gasteiger partial charge in [0.1, 0.15) is 0 Å². The summed E-state index contributed by atoms with van der Waals surface area (Å²) in [7, 11) is 3.93. The van der Waals surface area contributed by atoms with Crippen molar-refractivity contribution in [2.24, 2.45) is 5.92 Å². The summed E-state index contributed by atoms with van der Waals surface area (Å²) in [5, 5.41) is 6.67. The average Bonchev–Trinajstić information content (AvgIpc) is 2.97. The van der Waals surface area contributed by atoms with Crippen molar-refractivity contribution in [2.45, 2.75) is 12.1 Å². The van der Waals surface area contributed by atoms with E-state index in [0.29, 0.717) is 12.0 Å². The Labute approximate surface area is 95.7 Å². The molecule has 0 saturated carbocycles. The Morgan fingerprint density at radius 3 is 2.75 bits per heavy atom. The van der Waals surface area contributed by atoms with Gasteiger partial charge < -0.3 is 19.8 Å². The summed E-state index contributed by atoms with van der Waals surface area (Å²) in [5.41, 5.74) is 1.15. The minimum atomic E-state index is 0.222. The first-order chi connectivity index (χ1) is 7.86. The maximum Gasteiger partial charge on any atom is 0.0952 e. The summed E-state index contributed by atoms with van der Waals surface area (Å²) >= 11 is 0. The van der Waals surface area contributed by atoms with E-state index in [2.05, 4.69) is 16.7 Å². The fourth-order valence-electron chi connectivity index (χ4n) is 2.24. The van der Waals surface area contributed by atoms with E-state index in [1.165, 1.54) is 0 Å². The maximum atomic E-state index is 5.28. The maximum absolute atomic E-state index is 5.28. The molecule has 1 aliphatic rings. The number of furan rings is 1. The van der Waals surface area contributed by atoms with Crippen LogP contribution in [0.5, 0.6) is 0 Å². The predicted molar refractivity (Wildman–Crippen MR) is 61.9 cm³/mol. The van der Waals surface area contributed by atoms with Crippen LogP contribution in [0, 0.1) is 5.92 Å². The fraction of sp³-hybridized carbons (Fsp3) is 0.500. The van der Waals surface area contributed by atoms with Crippen LogP contribution in [0.15, 0.2) is 35.3 Å². The Bertz CT molecular complexity index is 335. The van der Waals surface area contributed by atoms with Gasteiger partial charge in [-0.25, -0.2) is 0 Å². The Morgan fingerprint density at radius 2 is 2.25 bits per heavy atom. The molecule has 2 N–H and O–H groups in total. The van der Waals surface area contributed by atoms with Crippen LogP contribution in [-0.4, -0.2) is 26.7 Å². The van der Waals surface area contributed by atoms with E-state index >= 15 is 0 Å².